The summed E-state index contributed by atoms with van der Waals surface area (Å²) in [6.07, 6.45) is 49.8. The highest BCUT2D eigenvalue weighted by Crippen LogP contribution is 2.29. The van der Waals surface area contributed by atoms with Crippen molar-refractivity contribution < 1.29 is 28.5 Å². The van der Waals surface area contributed by atoms with Gasteiger partial charge in [-0.3, -0.25) is 9.59 Å². The number of hydrogen-bond acceptors (Lipinski definition) is 6. The van der Waals surface area contributed by atoms with Gasteiger partial charge in [-0.15, -0.1) is 0 Å². The quantitative estimate of drug-likeness (QED) is 0.0344. The predicted molar refractivity (Wildman–Crippen MR) is 322 cm³/mol. The van der Waals surface area contributed by atoms with Crippen LogP contribution in [-0.4, -0.2) is 44.7 Å². The van der Waals surface area contributed by atoms with E-state index in [-0.39, 0.29) is 35.0 Å². The minimum atomic E-state index is -0.116. The SMILES string of the molecule is CCCCCCCC(=O)OCC(CCCC(C)(C)C)COC(=O)CCCCCCC.CCCCCCCC(CCCCCCC)CCCC(C)(C)C.CCCCCCCOC(OCCCCCCC)C(C)(C)C. The number of ether oxygens (including phenoxy) is 4. The first-order chi connectivity index (χ1) is 34.8. The van der Waals surface area contributed by atoms with Gasteiger partial charge in [-0.2, -0.15) is 0 Å². The molecule has 73 heavy (non-hydrogen) atoms. The lowest BCUT2D eigenvalue weighted by Crippen LogP contribution is -2.32. The third-order valence-electron chi connectivity index (χ3n) is 14.2. The van der Waals surface area contributed by atoms with Crippen molar-refractivity contribution in [1.29, 1.82) is 0 Å². The fourth-order valence-corrected chi connectivity index (χ4v) is 9.21. The Balaban J connectivity index is -0.00000103. The van der Waals surface area contributed by atoms with Gasteiger partial charge < -0.3 is 18.9 Å². The molecule has 0 aliphatic heterocycles. The molecule has 0 unspecified atom stereocenters. The van der Waals surface area contributed by atoms with Gasteiger partial charge in [0.1, 0.15) is 0 Å². The first-order valence-electron chi connectivity index (χ1n) is 32.3. The Morgan fingerprint density at radius 2 is 0.603 bits per heavy atom. The standard InChI is InChI=1S/C26H50O4.C22H46.C19H40O2/c1-6-8-10-12-14-18-24(27)29-21-23(17-16-20-26(3,4)5)22-30-25(28)19-15-13-11-9-7-2;1-6-8-10-12-14-17-21(18-15-13-11-9-7-2)19-16-20-22(3,4)5;1-6-8-10-12-14-16-20-18(19(3,4)5)21-17-15-13-11-9-7-2/h23H,6-22H2,1-5H3;21H,6-20H2,1-5H3;18H,6-17H2,1-5H3. The molecule has 0 N–H and O–H groups in total. The number of unbranched alkanes of at least 4 members (excludes halogenated alkanes) is 24. The van der Waals surface area contributed by atoms with Crippen molar-refractivity contribution in [2.75, 3.05) is 26.4 Å². The predicted octanol–water partition coefficient (Wildman–Crippen LogP) is 22.5. The van der Waals surface area contributed by atoms with Gasteiger partial charge in [0.05, 0.1) is 13.2 Å². The van der Waals surface area contributed by atoms with Gasteiger partial charge in [-0.05, 0) is 61.7 Å². The third-order valence-corrected chi connectivity index (χ3v) is 14.2. The fourth-order valence-electron chi connectivity index (χ4n) is 9.21. The summed E-state index contributed by atoms with van der Waals surface area (Å²) in [5.41, 5.74) is 0.870. The molecule has 0 rings (SSSR count). The van der Waals surface area contributed by atoms with Gasteiger partial charge >= 0.3 is 11.9 Å². The Morgan fingerprint density at radius 1 is 0.329 bits per heavy atom. The lowest BCUT2D eigenvalue weighted by atomic mass is 9.85. The van der Waals surface area contributed by atoms with Crippen LogP contribution in [0.15, 0.2) is 0 Å². The maximum absolute atomic E-state index is 12.0. The summed E-state index contributed by atoms with van der Waals surface area (Å²) < 4.78 is 23.0. The molecule has 0 heterocycles. The van der Waals surface area contributed by atoms with Crippen LogP contribution in [0.4, 0.5) is 0 Å². The molecule has 0 spiro atoms. The summed E-state index contributed by atoms with van der Waals surface area (Å²) in [6.45, 7) is 36.4. The highest BCUT2D eigenvalue weighted by molar-refractivity contribution is 5.69. The molecule has 440 valence electrons. The second-order valence-corrected chi connectivity index (χ2v) is 26.0. The van der Waals surface area contributed by atoms with Crippen LogP contribution >= 0.6 is 0 Å². The van der Waals surface area contributed by atoms with Crippen LogP contribution in [0.2, 0.25) is 0 Å². The summed E-state index contributed by atoms with van der Waals surface area (Å²) in [4.78, 5) is 24.1. The Morgan fingerprint density at radius 3 is 0.904 bits per heavy atom. The van der Waals surface area contributed by atoms with Crippen LogP contribution < -0.4 is 0 Å². The van der Waals surface area contributed by atoms with E-state index in [1.165, 1.54) is 186 Å². The van der Waals surface area contributed by atoms with E-state index in [0.29, 0.717) is 31.5 Å². The van der Waals surface area contributed by atoms with Crippen LogP contribution in [0.25, 0.3) is 0 Å². The van der Waals surface area contributed by atoms with Crippen molar-refractivity contribution >= 4 is 11.9 Å². The molecular formula is C67H136O6. The molecule has 0 aliphatic rings. The van der Waals surface area contributed by atoms with E-state index in [4.69, 9.17) is 18.9 Å². The lowest BCUT2D eigenvalue weighted by Gasteiger charge is -2.30. The zero-order valence-corrected chi connectivity index (χ0v) is 52.8. The fraction of sp³-hybridized carbons (Fsp3) is 0.970. The molecule has 6 heteroatoms. The first-order valence-corrected chi connectivity index (χ1v) is 32.3. The van der Waals surface area contributed by atoms with Crippen LogP contribution in [0.3, 0.4) is 0 Å². The molecule has 0 atom stereocenters. The summed E-state index contributed by atoms with van der Waals surface area (Å²) >= 11 is 0. The smallest absolute Gasteiger partial charge is 0.305 e. The molecular weight excluding hydrogens is 901 g/mol. The van der Waals surface area contributed by atoms with E-state index >= 15 is 0 Å². The second-order valence-electron chi connectivity index (χ2n) is 26.0. The summed E-state index contributed by atoms with van der Waals surface area (Å²) in [6, 6.07) is 0. The minimum Gasteiger partial charge on any atom is -0.465 e. The summed E-state index contributed by atoms with van der Waals surface area (Å²) in [5, 5.41) is 0. The van der Waals surface area contributed by atoms with Crippen molar-refractivity contribution in [3.8, 4) is 0 Å². The largest absolute Gasteiger partial charge is 0.465 e. The van der Waals surface area contributed by atoms with Gasteiger partial charge in [0, 0.05) is 37.4 Å². The minimum absolute atomic E-state index is 0.0603. The maximum Gasteiger partial charge on any atom is 0.305 e. The van der Waals surface area contributed by atoms with Gasteiger partial charge in [0.15, 0.2) is 6.29 Å². The normalized spacial score (nSPS) is 12.0. The zero-order valence-electron chi connectivity index (χ0n) is 52.8. The van der Waals surface area contributed by atoms with Crippen LogP contribution in [0, 0.1) is 28.1 Å². The molecule has 0 aromatic carbocycles. The van der Waals surface area contributed by atoms with Crippen molar-refractivity contribution in [2.45, 2.75) is 367 Å². The van der Waals surface area contributed by atoms with E-state index in [0.717, 1.165) is 76.9 Å². The highest BCUT2D eigenvalue weighted by Gasteiger charge is 2.26. The molecule has 0 bridgehead atoms. The molecule has 0 aromatic rings. The van der Waals surface area contributed by atoms with Crippen LogP contribution in [0.5, 0.6) is 0 Å². The topological polar surface area (TPSA) is 71.1 Å². The molecule has 0 radical (unpaired) electrons. The number of esters is 2. The highest BCUT2D eigenvalue weighted by atomic mass is 16.7. The van der Waals surface area contributed by atoms with Crippen molar-refractivity contribution in [1.82, 2.24) is 0 Å². The van der Waals surface area contributed by atoms with E-state index in [9.17, 15) is 9.59 Å². The molecule has 6 nitrogen and oxygen atoms in total. The van der Waals surface area contributed by atoms with Gasteiger partial charge in [0.25, 0.3) is 0 Å². The summed E-state index contributed by atoms with van der Waals surface area (Å²) in [7, 11) is 0. The van der Waals surface area contributed by atoms with E-state index < -0.39 is 0 Å². The Kier molecular flexibility index (Phi) is 56.5. The van der Waals surface area contributed by atoms with Crippen LogP contribution in [0.1, 0.15) is 361 Å². The average molecular weight is 1040 g/mol. The van der Waals surface area contributed by atoms with Gasteiger partial charge in [-0.1, -0.05) is 303 Å². The molecule has 0 saturated carbocycles. The van der Waals surface area contributed by atoms with Crippen molar-refractivity contribution in [2.24, 2.45) is 28.1 Å². The number of rotatable bonds is 48. The summed E-state index contributed by atoms with van der Waals surface area (Å²) in [5.74, 6) is 0.884. The average Bonchev–Trinajstić information content (AvgIpc) is 3.32. The molecule has 0 saturated heterocycles. The monoisotopic (exact) mass is 1040 g/mol. The van der Waals surface area contributed by atoms with Gasteiger partial charge in [-0.25, -0.2) is 0 Å². The number of carbonyl (C=O) groups excluding carboxylic acids is 2. The Labute approximate surface area is 460 Å². The maximum atomic E-state index is 12.0. The third kappa shape index (κ3) is 63.3. The number of hydrogen-bond donors (Lipinski definition) is 0. The van der Waals surface area contributed by atoms with Gasteiger partial charge in [0.2, 0.25) is 0 Å². The van der Waals surface area contributed by atoms with E-state index in [1.54, 1.807) is 0 Å². The van der Waals surface area contributed by atoms with Crippen molar-refractivity contribution in [3.63, 3.8) is 0 Å². The van der Waals surface area contributed by atoms with Crippen molar-refractivity contribution in [3.05, 3.63) is 0 Å². The number of carbonyl (C=O) groups is 2. The Bertz CT molecular complexity index is 1050. The zero-order chi connectivity index (χ0) is 55.3. The molecule has 0 aliphatic carbocycles. The molecule has 0 amide bonds. The van der Waals surface area contributed by atoms with Crippen LogP contribution in [-0.2, 0) is 28.5 Å². The molecule has 0 fully saturated rings. The molecule has 0 aromatic heterocycles. The van der Waals surface area contributed by atoms with E-state index in [1.807, 2.05) is 0 Å². The lowest BCUT2D eigenvalue weighted by molar-refractivity contribution is -0.195. The van der Waals surface area contributed by atoms with E-state index in [2.05, 4.69) is 104 Å². The first kappa shape index (κ1) is 76.1. The second kappa shape index (κ2) is 54.2. The Hall–Kier alpha value is -1.14.